The molecule has 0 bridgehead atoms. The van der Waals surface area contributed by atoms with Crippen LogP contribution in [0.15, 0.2) is 22.7 Å². The summed E-state index contributed by atoms with van der Waals surface area (Å²) in [6.07, 6.45) is -4.34. The molecule has 0 saturated heterocycles. The van der Waals surface area contributed by atoms with Gasteiger partial charge in [-0.2, -0.15) is 13.2 Å². The van der Waals surface area contributed by atoms with Crippen molar-refractivity contribution in [2.45, 2.75) is 6.18 Å². The first-order valence-corrected chi connectivity index (χ1v) is 4.14. The summed E-state index contributed by atoms with van der Waals surface area (Å²) in [4.78, 5) is 0. The fraction of sp³-hybridized carbons (Fsp3) is 0.250. The average molecular weight is 255 g/mol. The molecule has 0 unspecified atom stereocenters. The van der Waals surface area contributed by atoms with Crippen molar-refractivity contribution in [2.75, 3.05) is 7.11 Å². The van der Waals surface area contributed by atoms with Gasteiger partial charge in [0.15, 0.2) is 0 Å². The Hall–Kier alpha value is -0.710. The molecule has 0 aliphatic carbocycles. The highest BCUT2D eigenvalue weighted by atomic mass is 79.9. The summed E-state index contributed by atoms with van der Waals surface area (Å²) >= 11 is 2.97. The van der Waals surface area contributed by atoms with Crippen molar-refractivity contribution in [3.8, 4) is 5.75 Å². The Morgan fingerprint density at radius 3 is 2.31 bits per heavy atom. The SMILES string of the molecule is COc1cc(Br)cc(C(F)(F)F)c1. The van der Waals surface area contributed by atoms with Crippen LogP contribution in [0.3, 0.4) is 0 Å². The normalized spacial score (nSPS) is 11.5. The standard InChI is InChI=1S/C8H6BrF3O/c1-13-7-3-5(8(10,11)12)2-6(9)4-7/h2-4H,1H3. The van der Waals surface area contributed by atoms with Gasteiger partial charge in [0.1, 0.15) is 5.75 Å². The first-order chi connectivity index (χ1) is 5.93. The Balaban J connectivity index is 3.16. The maximum atomic E-state index is 12.2. The molecule has 1 rings (SSSR count). The molecule has 13 heavy (non-hydrogen) atoms. The van der Waals surface area contributed by atoms with Gasteiger partial charge in [-0.05, 0) is 18.2 Å². The number of benzene rings is 1. The number of rotatable bonds is 1. The molecule has 0 heterocycles. The number of hydrogen-bond acceptors (Lipinski definition) is 1. The van der Waals surface area contributed by atoms with E-state index >= 15 is 0 Å². The lowest BCUT2D eigenvalue weighted by Gasteiger charge is -2.08. The molecule has 0 aliphatic rings. The van der Waals surface area contributed by atoms with Gasteiger partial charge in [0.25, 0.3) is 0 Å². The Labute approximate surface area is 81.6 Å². The van der Waals surface area contributed by atoms with Crippen LogP contribution in [-0.4, -0.2) is 7.11 Å². The van der Waals surface area contributed by atoms with Crippen molar-refractivity contribution >= 4 is 15.9 Å². The van der Waals surface area contributed by atoms with Crippen LogP contribution in [0.4, 0.5) is 13.2 Å². The highest BCUT2D eigenvalue weighted by Gasteiger charge is 2.31. The van der Waals surface area contributed by atoms with Gasteiger partial charge in [-0.15, -0.1) is 0 Å². The van der Waals surface area contributed by atoms with E-state index < -0.39 is 11.7 Å². The van der Waals surface area contributed by atoms with Crippen molar-refractivity contribution in [1.29, 1.82) is 0 Å². The highest BCUT2D eigenvalue weighted by Crippen LogP contribution is 2.33. The van der Waals surface area contributed by atoms with Crippen LogP contribution >= 0.6 is 15.9 Å². The Bertz CT molecular complexity index is 309. The van der Waals surface area contributed by atoms with Crippen molar-refractivity contribution in [3.63, 3.8) is 0 Å². The van der Waals surface area contributed by atoms with Crippen LogP contribution in [0.25, 0.3) is 0 Å². The van der Waals surface area contributed by atoms with Crippen molar-refractivity contribution in [2.24, 2.45) is 0 Å². The lowest BCUT2D eigenvalue weighted by molar-refractivity contribution is -0.137. The van der Waals surface area contributed by atoms with E-state index in [-0.39, 0.29) is 5.75 Å². The van der Waals surface area contributed by atoms with E-state index in [2.05, 4.69) is 15.9 Å². The second kappa shape index (κ2) is 3.57. The molecular weight excluding hydrogens is 249 g/mol. The summed E-state index contributed by atoms with van der Waals surface area (Å²) in [6, 6.07) is 3.42. The van der Waals surface area contributed by atoms with Gasteiger partial charge in [-0.1, -0.05) is 15.9 Å². The third kappa shape index (κ3) is 2.62. The van der Waals surface area contributed by atoms with Gasteiger partial charge in [0.2, 0.25) is 0 Å². The minimum Gasteiger partial charge on any atom is -0.497 e. The lowest BCUT2D eigenvalue weighted by atomic mass is 10.2. The quantitative estimate of drug-likeness (QED) is 0.746. The Kier molecular flexibility index (Phi) is 2.85. The zero-order valence-corrected chi connectivity index (χ0v) is 8.24. The van der Waals surface area contributed by atoms with Crippen molar-refractivity contribution in [1.82, 2.24) is 0 Å². The monoisotopic (exact) mass is 254 g/mol. The van der Waals surface area contributed by atoms with Gasteiger partial charge < -0.3 is 4.74 Å². The van der Waals surface area contributed by atoms with Gasteiger partial charge in [-0.25, -0.2) is 0 Å². The molecule has 0 aromatic heterocycles. The molecule has 1 nitrogen and oxygen atoms in total. The second-order valence-electron chi connectivity index (χ2n) is 2.38. The fourth-order valence-corrected chi connectivity index (χ4v) is 1.32. The van der Waals surface area contributed by atoms with E-state index in [0.29, 0.717) is 4.47 Å². The summed E-state index contributed by atoms with van der Waals surface area (Å²) in [7, 11) is 1.32. The van der Waals surface area contributed by atoms with Crippen LogP contribution < -0.4 is 4.74 Å². The third-order valence-electron chi connectivity index (χ3n) is 1.43. The van der Waals surface area contributed by atoms with Crippen molar-refractivity contribution < 1.29 is 17.9 Å². The minimum atomic E-state index is -4.34. The predicted molar refractivity (Wildman–Crippen MR) is 45.7 cm³/mol. The molecule has 1 aromatic rings. The number of methoxy groups -OCH3 is 1. The van der Waals surface area contributed by atoms with Gasteiger partial charge in [-0.3, -0.25) is 0 Å². The van der Waals surface area contributed by atoms with Gasteiger partial charge in [0, 0.05) is 4.47 Å². The second-order valence-corrected chi connectivity index (χ2v) is 3.29. The van der Waals surface area contributed by atoms with E-state index in [1.807, 2.05) is 0 Å². The summed E-state index contributed by atoms with van der Waals surface area (Å²) in [5.74, 6) is 0.182. The van der Waals surface area contributed by atoms with Gasteiger partial charge >= 0.3 is 6.18 Å². The van der Waals surface area contributed by atoms with Gasteiger partial charge in [0.05, 0.1) is 12.7 Å². The smallest absolute Gasteiger partial charge is 0.416 e. The topological polar surface area (TPSA) is 9.23 Å². The summed E-state index contributed by atoms with van der Waals surface area (Å²) in [6.45, 7) is 0. The van der Waals surface area contributed by atoms with Crippen LogP contribution in [0.2, 0.25) is 0 Å². The van der Waals surface area contributed by atoms with E-state index in [1.54, 1.807) is 0 Å². The first-order valence-electron chi connectivity index (χ1n) is 3.35. The van der Waals surface area contributed by atoms with E-state index in [4.69, 9.17) is 4.74 Å². The molecule has 72 valence electrons. The predicted octanol–water partition coefficient (Wildman–Crippen LogP) is 3.48. The zero-order valence-electron chi connectivity index (χ0n) is 6.65. The van der Waals surface area contributed by atoms with E-state index in [1.165, 1.54) is 13.2 Å². The zero-order chi connectivity index (χ0) is 10.1. The minimum absolute atomic E-state index is 0.182. The molecule has 0 aliphatic heterocycles. The highest BCUT2D eigenvalue weighted by molar-refractivity contribution is 9.10. The van der Waals surface area contributed by atoms with Crippen LogP contribution in [-0.2, 0) is 6.18 Å². The third-order valence-corrected chi connectivity index (χ3v) is 1.89. The molecule has 0 spiro atoms. The number of hydrogen-bond donors (Lipinski definition) is 0. The number of alkyl halides is 3. The molecule has 0 atom stereocenters. The van der Waals surface area contributed by atoms with Crippen LogP contribution in [0, 0.1) is 0 Å². The molecular formula is C8H6BrF3O. The average Bonchev–Trinajstić information content (AvgIpc) is 2.01. The summed E-state index contributed by atoms with van der Waals surface area (Å²) < 4.78 is 41.7. The summed E-state index contributed by atoms with van der Waals surface area (Å²) in [5.41, 5.74) is -0.723. The first kappa shape index (κ1) is 10.4. The molecule has 0 amide bonds. The fourth-order valence-electron chi connectivity index (χ4n) is 0.844. The maximum Gasteiger partial charge on any atom is 0.416 e. The summed E-state index contributed by atoms with van der Waals surface area (Å²) in [5, 5.41) is 0. The molecule has 0 saturated carbocycles. The van der Waals surface area contributed by atoms with Crippen molar-refractivity contribution in [3.05, 3.63) is 28.2 Å². The van der Waals surface area contributed by atoms with Crippen LogP contribution in [0.5, 0.6) is 5.75 Å². The molecule has 1 aromatic carbocycles. The molecule has 0 radical (unpaired) electrons. The van der Waals surface area contributed by atoms with Crippen LogP contribution in [0.1, 0.15) is 5.56 Å². The Morgan fingerprint density at radius 2 is 1.85 bits per heavy atom. The van der Waals surface area contributed by atoms with E-state index in [9.17, 15) is 13.2 Å². The largest absolute Gasteiger partial charge is 0.497 e. The Morgan fingerprint density at radius 1 is 1.23 bits per heavy atom. The maximum absolute atomic E-state index is 12.2. The number of halogens is 4. The molecule has 0 fully saturated rings. The van der Waals surface area contributed by atoms with E-state index in [0.717, 1.165) is 12.1 Å². The molecule has 0 N–H and O–H groups in total. The lowest BCUT2D eigenvalue weighted by Crippen LogP contribution is -2.04. The molecule has 5 heteroatoms. The number of ether oxygens (including phenoxy) is 1.